The highest BCUT2D eigenvalue weighted by atomic mass is 32.2. The van der Waals surface area contributed by atoms with Gasteiger partial charge < -0.3 is 11.1 Å². The maximum absolute atomic E-state index is 11.3. The van der Waals surface area contributed by atoms with Crippen LogP contribution in [0, 0.1) is 5.92 Å². The molecule has 0 radical (unpaired) electrons. The maximum Gasteiger partial charge on any atom is 0.240 e. The second kappa shape index (κ2) is 4.71. The van der Waals surface area contributed by atoms with Gasteiger partial charge in [0.25, 0.3) is 0 Å². The van der Waals surface area contributed by atoms with Crippen LogP contribution in [0.25, 0.3) is 0 Å². The molecule has 1 aromatic carbocycles. The van der Waals surface area contributed by atoms with Crippen LogP contribution in [0.15, 0.2) is 23.1 Å². The summed E-state index contributed by atoms with van der Waals surface area (Å²) in [6.45, 7) is 4.73. The Bertz CT molecular complexity index is 469. The van der Waals surface area contributed by atoms with E-state index in [0.29, 0.717) is 23.8 Å². The summed E-state index contributed by atoms with van der Waals surface area (Å²) >= 11 is 0. The van der Waals surface area contributed by atoms with E-state index >= 15 is 0 Å². The molecule has 90 valence electrons. The van der Waals surface area contributed by atoms with Gasteiger partial charge in [0.05, 0.1) is 5.69 Å². The monoisotopic (exact) mass is 243 g/mol. The Balaban J connectivity index is 3.09. The van der Waals surface area contributed by atoms with Gasteiger partial charge in [-0.25, -0.2) is 13.6 Å². The molecular weight excluding hydrogens is 226 g/mol. The first-order valence-corrected chi connectivity index (χ1v) is 6.51. The fourth-order valence-corrected chi connectivity index (χ4v) is 1.98. The van der Waals surface area contributed by atoms with Crippen LogP contribution in [0.2, 0.25) is 0 Å². The summed E-state index contributed by atoms with van der Waals surface area (Å²) in [5.41, 5.74) is 6.40. The van der Waals surface area contributed by atoms with Gasteiger partial charge >= 0.3 is 0 Å². The summed E-state index contributed by atoms with van der Waals surface area (Å²) in [7, 11) is -3.75. The molecule has 16 heavy (non-hydrogen) atoms. The minimum Gasteiger partial charge on any atom is -0.399 e. The average Bonchev–Trinajstić information content (AvgIpc) is 2.14. The minimum atomic E-state index is -3.75. The molecule has 1 rings (SSSR count). The molecule has 0 atom stereocenters. The highest BCUT2D eigenvalue weighted by Gasteiger charge is 2.14. The predicted molar refractivity (Wildman–Crippen MR) is 65.6 cm³/mol. The molecule has 0 aliphatic carbocycles. The molecule has 1 aromatic rings. The maximum atomic E-state index is 11.3. The normalized spacial score (nSPS) is 11.8. The molecule has 0 saturated heterocycles. The van der Waals surface area contributed by atoms with Crippen molar-refractivity contribution < 1.29 is 8.42 Å². The Hall–Kier alpha value is -1.27. The molecule has 0 spiro atoms. The number of anilines is 2. The van der Waals surface area contributed by atoms with Crippen molar-refractivity contribution in [3.05, 3.63) is 18.2 Å². The fourth-order valence-electron chi connectivity index (χ4n) is 1.23. The molecular formula is C10H17N3O2S. The lowest BCUT2D eigenvalue weighted by molar-refractivity contribution is 0.597. The van der Waals surface area contributed by atoms with Crippen LogP contribution >= 0.6 is 0 Å². The van der Waals surface area contributed by atoms with E-state index in [1.54, 1.807) is 12.1 Å². The number of sulfonamides is 1. The molecule has 0 fully saturated rings. The van der Waals surface area contributed by atoms with E-state index < -0.39 is 10.0 Å². The van der Waals surface area contributed by atoms with Crippen molar-refractivity contribution in [3.63, 3.8) is 0 Å². The number of nitrogens with two attached hydrogens (primary N) is 2. The molecule has 5 nitrogen and oxygen atoms in total. The lowest BCUT2D eigenvalue weighted by Gasteiger charge is -2.12. The highest BCUT2D eigenvalue weighted by Crippen LogP contribution is 2.22. The Morgan fingerprint density at radius 1 is 1.38 bits per heavy atom. The minimum absolute atomic E-state index is 0.0353. The third kappa shape index (κ3) is 3.39. The Morgan fingerprint density at radius 2 is 2.00 bits per heavy atom. The average molecular weight is 243 g/mol. The second-order valence-electron chi connectivity index (χ2n) is 4.08. The predicted octanol–water partition coefficient (Wildman–Crippen LogP) is 0.984. The van der Waals surface area contributed by atoms with Gasteiger partial charge in [-0.2, -0.15) is 0 Å². The number of hydrogen-bond acceptors (Lipinski definition) is 4. The number of rotatable bonds is 4. The quantitative estimate of drug-likeness (QED) is 0.687. The van der Waals surface area contributed by atoms with E-state index in [0.717, 1.165) is 0 Å². The lowest BCUT2D eigenvalue weighted by Crippen LogP contribution is -2.17. The van der Waals surface area contributed by atoms with Crippen molar-refractivity contribution in [1.29, 1.82) is 0 Å². The van der Waals surface area contributed by atoms with Crippen molar-refractivity contribution >= 4 is 21.4 Å². The van der Waals surface area contributed by atoms with Crippen molar-refractivity contribution in [3.8, 4) is 0 Å². The van der Waals surface area contributed by atoms with E-state index in [9.17, 15) is 8.42 Å². The van der Waals surface area contributed by atoms with Crippen LogP contribution in [-0.4, -0.2) is 15.0 Å². The highest BCUT2D eigenvalue weighted by molar-refractivity contribution is 7.89. The smallest absolute Gasteiger partial charge is 0.240 e. The van der Waals surface area contributed by atoms with E-state index in [2.05, 4.69) is 5.32 Å². The van der Waals surface area contributed by atoms with Gasteiger partial charge in [0.15, 0.2) is 0 Å². The number of primary sulfonamides is 1. The third-order valence-electron chi connectivity index (χ3n) is 2.01. The molecule has 6 heteroatoms. The van der Waals surface area contributed by atoms with E-state index in [-0.39, 0.29) is 4.90 Å². The van der Waals surface area contributed by atoms with Gasteiger partial charge in [0.1, 0.15) is 4.90 Å². The summed E-state index contributed by atoms with van der Waals surface area (Å²) in [6, 6.07) is 4.62. The van der Waals surface area contributed by atoms with Gasteiger partial charge in [0.2, 0.25) is 10.0 Å². The van der Waals surface area contributed by atoms with Crippen LogP contribution in [0.5, 0.6) is 0 Å². The molecule has 0 bridgehead atoms. The standard InChI is InChI=1S/C10H17N3O2S/c1-7(2)6-13-9-4-3-8(11)5-10(9)16(12,14)15/h3-5,7,13H,6,11H2,1-2H3,(H2,12,14,15). The van der Waals surface area contributed by atoms with Crippen LogP contribution < -0.4 is 16.2 Å². The number of nitrogens with one attached hydrogen (secondary N) is 1. The number of benzene rings is 1. The summed E-state index contributed by atoms with van der Waals surface area (Å²) in [5, 5.41) is 8.14. The van der Waals surface area contributed by atoms with Crippen molar-refractivity contribution in [2.45, 2.75) is 18.7 Å². The van der Waals surface area contributed by atoms with Crippen molar-refractivity contribution in [2.75, 3.05) is 17.6 Å². The third-order valence-corrected chi connectivity index (χ3v) is 2.96. The summed E-state index contributed by atoms with van der Waals surface area (Å²) in [4.78, 5) is 0.0353. The van der Waals surface area contributed by atoms with E-state index in [4.69, 9.17) is 10.9 Å². The first-order valence-electron chi connectivity index (χ1n) is 4.97. The van der Waals surface area contributed by atoms with Gasteiger partial charge in [-0.1, -0.05) is 13.8 Å². The fraction of sp³-hybridized carbons (Fsp3) is 0.400. The zero-order valence-corrected chi connectivity index (χ0v) is 10.2. The van der Waals surface area contributed by atoms with E-state index in [1.165, 1.54) is 6.07 Å². The van der Waals surface area contributed by atoms with Crippen molar-refractivity contribution in [2.24, 2.45) is 11.1 Å². The summed E-state index contributed by atoms with van der Waals surface area (Å²) in [6.07, 6.45) is 0. The molecule has 0 heterocycles. The van der Waals surface area contributed by atoms with Gasteiger partial charge in [-0.05, 0) is 24.1 Å². The molecule has 0 aliphatic heterocycles. The zero-order chi connectivity index (χ0) is 12.3. The first kappa shape index (κ1) is 12.8. The molecule has 0 aliphatic rings. The Labute approximate surface area is 95.9 Å². The van der Waals surface area contributed by atoms with Gasteiger partial charge in [-0.15, -0.1) is 0 Å². The van der Waals surface area contributed by atoms with Gasteiger partial charge in [-0.3, -0.25) is 0 Å². The van der Waals surface area contributed by atoms with E-state index in [1.807, 2.05) is 13.8 Å². The zero-order valence-electron chi connectivity index (χ0n) is 9.40. The Morgan fingerprint density at radius 3 is 2.50 bits per heavy atom. The SMILES string of the molecule is CC(C)CNc1ccc(N)cc1S(N)(=O)=O. The molecule has 0 saturated carbocycles. The number of nitrogen functional groups attached to an aromatic ring is 1. The Kier molecular flexibility index (Phi) is 3.77. The van der Waals surface area contributed by atoms with Gasteiger partial charge in [0, 0.05) is 12.2 Å². The molecule has 0 unspecified atom stereocenters. The van der Waals surface area contributed by atoms with Crippen LogP contribution in [-0.2, 0) is 10.0 Å². The molecule has 0 aromatic heterocycles. The second-order valence-corrected chi connectivity index (χ2v) is 5.61. The molecule has 5 N–H and O–H groups in total. The van der Waals surface area contributed by atoms with Crippen LogP contribution in [0.4, 0.5) is 11.4 Å². The summed E-state index contributed by atoms with van der Waals surface area (Å²) < 4.78 is 22.7. The lowest BCUT2D eigenvalue weighted by atomic mass is 10.2. The van der Waals surface area contributed by atoms with Crippen LogP contribution in [0.3, 0.4) is 0 Å². The molecule has 0 amide bonds. The largest absolute Gasteiger partial charge is 0.399 e. The summed E-state index contributed by atoms with van der Waals surface area (Å²) in [5.74, 6) is 0.408. The van der Waals surface area contributed by atoms with Crippen molar-refractivity contribution in [1.82, 2.24) is 0 Å². The number of hydrogen-bond donors (Lipinski definition) is 3. The topological polar surface area (TPSA) is 98.2 Å². The first-order chi connectivity index (χ1) is 7.30. The van der Waals surface area contributed by atoms with Crippen LogP contribution in [0.1, 0.15) is 13.8 Å².